The van der Waals surface area contributed by atoms with Crippen molar-refractivity contribution in [2.75, 3.05) is 11.4 Å². The Bertz CT molecular complexity index is 999. The molecule has 0 atom stereocenters. The third kappa shape index (κ3) is 3.94. The van der Waals surface area contributed by atoms with Gasteiger partial charge in [-0.2, -0.15) is 0 Å². The Balaban J connectivity index is 1.68. The summed E-state index contributed by atoms with van der Waals surface area (Å²) in [6.45, 7) is 2.01. The van der Waals surface area contributed by atoms with Crippen molar-refractivity contribution in [1.29, 1.82) is 0 Å². The number of hydrogen-bond donors (Lipinski definition) is 1. The molecule has 0 spiro atoms. The van der Waals surface area contributed by atoms with E-state index in [4.69, 9.17) is 0 Å². The minimum absolute atomic E-state index is 0.0281. The molecule has 0 saturated heterocycles. The van der Waals surface area contributed by atoms with Gasteiger partial charge in [0.05, 0.1) is 10.6 Å². The summed E-state index contributed by atoms with van der Waals surface area (Å²) in [6.07, 6.45) is 4.37. The van der Waals surface area contributed by atoms with E-state index < -0.39 is 0 Å². The Kier molecular flexibility index (Phi) is 5.44. The predicted octanol–water partition coefficient (Wildman–Crippen LogP) is 4.92. The molecule has 0 radical (unpaired) electrons. The number of nitrogens with one attached hydrogen (secondary N) is 1. The van der Waals surface area contributed by atoms with Crippen LogP contribution >= 0.6 is 11.3 Å². The summed E-state index contributed by atoms with van der Waals surface area (Å²) in [5.41, 5.74) is 0.774. The minimum atomic E-state index is -0.129. The van der Waals surface area contributed by atoms with Gasteiger partial charge in [0.15, 0.2) is 0 Å². The van der Waals surface area contributed by atoms with Crippen LogP contribution in [0.15, 0.2) is 54.6 Å². The lowest BCUT2D eigenvalue weighted by Crippen LogP contribution is -2.43. The molecule has 0 unspecified atom stereocenters. The normalized spacial score (nSPS) is 14.3. The van der Waals surface area contributed by atoms with Gasteiger partial charge in [0.1, 0.15) is 6.54 Å². The number of carbonyl (C=O) groups is 2. The molecule has 4 rings (SSSR count). The van der Waals surface area contributed by atoms with Crippen molar-refractivity contribution in [1.82, 2.24) is 5.32 Å². The van der Waals surface area contributed by atoms with Gasteiger partial charge in [0.25, 0.3) is 5.91 Å². The highest BCUT2D eigenvalue weighted by molar-refractivity contribution is 7.14. The number of amides is 2. The van der Waals surface area contributed by atoms with E-state index >= 15 is 0 Å². The summed E-state index contributed by atoms with van der Waals surface area (Å²) < 4.78 is 0. The molecule has 4 nitrogen and oxygen atoms in total. The summed E-state index contributed by atoms with van der Waals surface area (Å²) >= 11 is 1.46. The number of thiophene rings is 1. The van der Waals surface area contributed by atoms with E-state index in [0.29, 0.717) is 4.88 Å². The van der Waals surface area contributed by atoms with Crippen molar-refractivity contribution in [2.24, 2.45) is 0 Å². The lowest BCUT2D eigenvalue weighted by Gasteiger charge is -2.24. The Morgan fingerprint density at radius 3 is 2.54 bits per heavy atom. The highest BCUT2D eigenvalue weighted by Gasteiger charge is 2.25. The summed E-state index contributed by atoms with van der Waals surface area (Å²) in [4.78, 5) is 29.4. The Hall–Kier alpha value is -2.66. The molecular weight excluding hydrogens is 368 g/mol. The van der Waals surface area contributed by atoms with E-state index in [1.54, 1.807) is 4.90 Å². The second-order valence-corrected chi connectivity index (χ2v) is 8.64. The molecule has 0 bridgehead atoms. The van der Waals surface area contributed by atoms with Gasteiger partial charge in [0.2, 0.25) is 5.91 Å². The third-order valence-corrected chi connectivity index (χ3v) is 6.26. The van der Waals surface area contributed by atoms with Crippen LogP contribution in [-0.2, 0) is 4.79 Å². The summed E-state index contributed by atoms with van der Waals surface area (Å²) in [5.74, 6) is -0.225. The quantitative estimate of drug-likeness (QED) is 0.670. The molecule has 1 aliphatic rings. The van der Waals surface area contributed by atoms with Gasteiger partial charge < -0.3 is 5.32 Å². The highest BCUT2D eigenvalue weighted by atomic mass is 32.1. The zero-order valence-electron chi connectivity index (χ0n) is 16.0. The number of rotatable bonds is 5. The van der Waals surface area contributed by atoms with E-state index in [-0.39, 0.29) is 24.4 Å². The van der Waals surface area contributed by atoms with Crippen molar-refractivity contribution in [3.63, 3.8) is 0 Å². The monoisotopic (exact) mass is 392 g/mol. The smallest absolute Gasteiger partial charge is 0.268 e. The molecule has 28 heavy (non-hydrogen) atoms. The van der Waals surface area contributed by atoms with Gasteiger partial charge in [-0.05, 0) is 43.4 Å². The van der Waals surface area contributed by atoms with Crippen molar-refractivity contribution in [3.8, 4) is 0 Å². The molecule has 1 N–H and O–H groups in total. The SMILES string of the molecule is Cc1ccc(C(=O)N(CC(=O)NC2CCCC2)c2cccc3ccccc23)s1. The van der Waals surface area contributed by atoms with Crippen LogP contribution in [0.4, 0.5) is 5.69 Å². The molecule has 5 heteroatoms. The largest absolute Gasteiger partial charge is 0.352 e. The van der Waals surface area contributed by atoms with Crippen LogP contribution in [-0.4, -0.2) is 24.4 Å². The van der Waals surface area contributed by atoms with E-state index in [9.17, 15) is 9.59 Å². The molecule has 1 aromatic heterocycles. The fraction of sp³-hybridized carbons (Fsp3) is 0.304. The summed E-state index contributed by atoms with van der Waals surface area (Å²) in [7, 11) is 0. The Labute approximate surface area is 169 Å². The van der Waals surface area contributed by atoms with Crippen LogP contribution in [0, 0.1) is 6.92 Å². The Morgan fingerprint density at radius 2 is 1.79 bits per heavy atom. The molecule has 144 valence electrons. The van der Waals surface area contributed by atoms with Crippen molar-refractivity contribution < 1.29 is 9.59 Å². The Morgan fingerprint density at radius 1 is 1.04 bits per heavy atom. The second-order valence-electron chi connectivity index (χ2n) is 7.35. The van der Waals surface area contributed by atoms with Crippen LogP contribution < -0.4 is 10.2 Å². The van der Waals surface area contributed by atoms with E-state index in [0.717, 1.165) is 47.0 Å². The lowest BCUT2D eigenvalue weighted by molar-refractivity contribution is -0.120. The number of nitrogens with zero attached hydrogens (tertiary/aromatic N) is 1. The molecular formula is C23H24N2O2S. The number of anilines is 1. The molecule has 1 fully saturated rings. The van der Waals surface area contributed by atoms with Crippen molar-refractivity contribution in [2.45, 2.75) is 38.6 Å². The standard InChI is InChI=1S/C23H24N2O2S/c1-16-13-14-21(28-16)23(27)25(15-22(26)24-18-9-3-4-10-18)20-12-6-8-17-7-2-5-11-19(17)20/h2,5-8,11-14,18H,3-4,9-10,15H2,1H3,(H,24,26). The number of hydrogen-bond acceptors (Lipinski definition) is 3. The maximum Gasteiger partial charge on any atom is 0.268 e. The first-order valence-electron chi connectivity index (χ1n) is 9.77. The fourth-order valence-corrected chi connectivity index (χ4v) is 4.70. The van der Waals surface area contributed by atoms with Crippen molar-refractivity contribution >= 4 is 39.6 Å². The van der Waals surface area contributed by atoms with Gasteiger partial charge in [-0.15, -0.1) is 11.3 Å². The van der Waals surface area contributed by atoms with E-state index in [2.05, 4.69) is 5.32 Å². The first-order chi connectivity index (χ1) is 13.6. The van der Waals surface area contributed by atoms with Crippen LogP contribution in [0.5, 0.6) is 0 Å². The number of carbonyl (C=O) groups excluding carboxylic acids is 2. The van der Waals surface area contributed by atoms with Gasteiger partial charge in [-0.3, -0.25) is 14.5 Å². The third-order valence-electron chi connectivity index (χ3n) is 5.28. The van der Waals surface area contributed by atoms with Crippen LogP contribution in [0.25, 0.3) is 10.8 Å². The van der Waals surface area contributed by atoms with Gasteiger partial charge in [-0.25, -0.2) is 0 Å². The first-order valence-corrected chi connectivity index (χ1v) is 10.6. The van der Waals surface area contributed by atoms with E-state index in [1.165, 1.54) is 11.3 Å². The zero-order valence-corrected chi connectivity index (χ0v) is 16.8. The van der Waals surface area contributed by atoms with Crippen molar-refractivity contribution in [3.05, 3.63) is 64.4 Å². The summed E-state index contributed by atoms with van der Waals surface area (Å²) in [5, 5.41) is 5.13. The molecule has 3 aromatic rings. The molecule has 1 saturated carbocycles. The molecule has 1 heterocycles. The second kappa shape index (κ2) is 8.15. The minimum Gasteiger partial charge on any atom is -0.352 e. The maximum atomic E-state index is 13.3. The molecule has 0 aliphatic heterocycles. The van der Waals surface area contributed by atoms with Gasteiger partial charge >= 0.3 is 0 Å². The van der Waals surface area contributed by atoms with E-state index in [1.807, 2.05) is 61.5 Å². The topological polar surface area (TPSA) is 49.4 Å². The molecule has 2 aromatic carbocycles. The lowest BCUT2D eigenvalue weighted by atomic mass is 10.1. The first kappa shape index (κ1) is 18.7. The molecule has 1 aliphatic carbocycles. The predicted molar refractivity (Wildman–Crippen MR) is 115 cm³/mol. The maximum absolute atomic E-state index is 13.3. The zero-order chi connectivity index (χ0) is 19.5. The van der Waals surface area contributed by atoms with Crippen LogP contribution in [0.2, 0.25) is 0 Å². The average molecular weight is 393 g/mol. The molecule has 2 amide bonds. The number of benzene rings is 2. The van der Waals surface area contributed by atoms with Crippen LogP contribution in [0.1, 0.15) is 40.2 Å². The fourth-order valence-electron chi connectivity index (χ4n) is 3.88. The highest BCUT2D eigenvalue weighted by Crippen LogP contribution is 2.29. The average Bonchev–Trinajstić information content (AvgIpc) is 3.37. The van der Waals surface area contributed by atoms with Gasteiger partial charge in [-0.1, -0.05) is 49.2 Å². The number of aryl methyl sites for hydroxylation is 1. The number of fused-ring (bicyclic) bond motifs is 1. The summed E-state index contributed by atoms with van der Waals surface area (Å²) in [6, 6.07) is 17.9. The van der Waals surface area contributed by atoms with Gasteiger partial charge in [0, 0.05) is 16.3 Å². The van der Waals surface area contributed by atoms with Crippen LogP contribution in [0.3, 0.4) is 0 Å².